The lowest BCUT2D eigenvalue weighted by Crippen LogP contribution is -2.49. The van der Waals surface area contributed by atoms with Crippen molar-refractivity contribution in [3.63, 3.8) is 0 Å². The summed E-state index contributed by atoms with van der Waals surface area (Å²) < 4.78 is 0. The van der Waals surface area contributed by atoms with Crippen molar-refractivity contribution >= 4 is 11.9 Å². The van der Waals surface area contributed by atoms with E-state index >= 15 is 0 Å². The predicted octanol–water partition coefficient (Wildman–Crippen LogP) is 0.0902. The summed E-state index contributed by atoms with van der Waals surface area (Å²) in [6, 6.07) is -1.52. The van der Waals surface area contributed by atoms with Crippen molar-refractivity contribution in [2.24, 2.45) is 11.7 Å². The molecule has 0 aliphatic heterocycles. The summed E-state index contributed by atoms with van der Waals surface area (Å²) >= 11 is 0. The number of hydrogen-bond donors (Lipinski definition) is 4. The fourth-order valence-corrected chi connectivity index (χ4v) is 1.46. The number of aliphatic hydroxyl groups is 1. The van der Waals surface area contributed by atoms with Crippen LogP contribution < -0.4 is 11.1 Å². The number of aliphatic carboxylic acids is 1. The molecule has 3 atom stereocenters. The average Bonchev–Trinajstić information content (AvgIpc) is 2.24. The molecular formula is C12H24N2O4. The summed E-state index contributed by atoms with van der Waals surface area (Å²) in [5, 5.41) is 20.9. The molecule has 0 radical (unpaired) electrons. The highest BCUT2D eigenvalue weighted by Crippen LogP contribution is 2.09. The highest BCUT2D eigenvalue weighted by atomic mass is 16.4. The van der Waals surface area contributed by atoms with Crippen LogP contribution in [0.25, 0.3) is 0 Å². The van der Waals surface area contributed by atoms with E-state index in [1.54, 1.807) is 6.92 Å². The van der Waals surface area contributed by atoms with Crippen LogP contribution in [-0.4, -0.2) is 40.3 Å². The number of carboxylic acid groups (broad SMARTS) is 1. The van der Waals surface area contributed by atoms with Crippen molar-refractivity contribution in [3.8, 4) is 0 Å². The third-order valence-electron chi connectivity index (χ3n) is 2.72. The van der Waals surface area contributed by atoms with Gasteiger partial charge in [0.25, 0.3) is 0 Å². The maximum atomic E-state index is 11.5. The topological polar surface area (TPSA) is 113 Å². The van der Waals surface area contributed by atoms with Crippen molar-refractivity contribution in [2.75, 3.05) is 0 Å². The Balaban J connectivity index is 4.09. The van der Waals surface area contributed by atoms with Crippen LogP contribution in [0, 0.1) is 5.92 Å². The van der Waals surface area contributed by atoms with Gasteiger partial charge in [0, 0.05) is 0 Å². The molecule has 0 saturated heterocycles. The van der Waals surface area contributed by atoms with Crippen LogP contribution in [0.2, 0.25) is 0 Å². The minimum Gasteiger partial charge on any atom is -0.481 e. The van der Waals surface area contributed by atoms with Crippen LogP contribution in [-0.2, 0) is 9.59 Å². The van der Waals surface area contributed by atoms with Crippen LogP contribution >= 0.6 is 0 Å². The monoisotopic (exact) mass is 260 g/mol. The largest absolute Gasteiger partial charge is 0.481 e. The van der Waals surface area contributed by atoms with Crippen molar-refractivity contribution in [3.05, 3.63) is 0 Å². The van der Waals surface area contributed by atoms with Gasteiger partial charge >= 0.3 is 5.97 Å². The van der Waals surface area contributed by atoms with Crippen LogP contribution in [0.4, 0.5) is 0 Å². The smallest absolute Gasteiger partial charge is 0.305 e. The first-order valence-corrected chi connectivity index (χ1v) is 6.19. The Bertz CT molecular complexity index is 281. The van der Waals surface area contributed by atoms with E-state index in [4.69, 9.17) is 10.8 Å². The summed E-state index contributed by atoms with van der Waals surface area (Å²) in [6.45, 7) is 5.79. The average molecular weight is 260 g/mol. The second kappa shape index (κ2) is 8.05. The minimum absolute atomic E-state index is 0.416. The Hall–Kier alpha value is -1.14. The second-order valence-corrected chi connectivity index (χ2v) is 5.04. The van der Waals surface area contributed by atoms with Crippen molar-refractivity contribution < 1.29 is 19.8 Å². The molecule has 0 bridgehead atoms. The molecule has 0 spiro atoms. The Kier molecular flexibility index (Phi) is 7.54. The summed E-state index contributed by atoms with van der Waals surface area (Å²) in [6.07, 6.45) is 0.393. The standard InChI is InChI=1S/C12H24N2O4/c1-7(2)4-5-10(15)8(3)14-12(18)9(13)6-11(16)17/h7-10,15H,4-6,13H2,1-3H3,(H,14,18)(H,16,17)/t8?,9-,10?/m0/s1. The Morgan fingerprint density at radius 2 is 1.78 bits per heavy atom. The number of nitrogens with two attached hydrogens (primary N) is 1. The van der Waals surface area contributed by atoms with E-state index in [1.807, 2.05) is 0 Å². The van der Waals surface area contributed by atoms with E-state index < -0.39 is 36.5 Å². The van der Waals surface area contributed by atoms with E-state index in [1.165, 1.54) is 0 Å². The molecule has 6 nitrogen and oxygen atoms in total. The SMILES string of the molecule is CC(C)CCC(O)C(C)NC(=O)[C@@H](N)CC(=O)O. The van der Waals surface area contributed by atoms with Crippen LogP contribution in [0.5, 0.6) is 0 Å². The first kappa shape index (κ1) is 16.9. The van der Waals surface area contributed by atoms with Gasteiger partial charge in [-0.2, -0.15) is 0 Å². The number of rotatable bonds is 8. The number of carboxylic acids is 1. The predicted molar refractivity (Wildman–Crippen MR) is 67.9 cm³/mol. The van der Waals surface area contributed by atoms with Gasteiger partial charge in [0.1, 0.15) is 0 Å². The zero-order chi connectivity index (χ0) is 14.3. The van der Waals surface area contributed by atoms with E-state index in [9.17, 15) is 14.7 Å². The number of hydrogen-bond acceptors (Lipinski definition) is 4. The fraction of sp³-hybridized carbons (Fsp3) is 0.833. The van der Waals surface area contributed by atoms with Gasteiger partial charge in [-0.05, 0) is 25.7 Å². The summed E-state index contributed by atoms with van der Waals surface area (Å²) in [7, 11) is 0. The Morgan fingerprint density at radius 3 is 2.22 bits per heavy atom. The van der Waals surface area contributed by atoms with Crippen molar-refractivity contribution in [2.45, 2.75) is 58.2 Å². The van der Waals surface area contributed by atoms with Gasteiger partial charge in [-0.1, -0.05) is 13.8 Å². The van der Waals surface area contributed by atoms with Crippen LogP contribution in [0.15, 0.2) is 0 Å². The van der Waals surface area contributed by atoms with Gasteiger partial charge in [0.05, 0.1) is 24.6 Å². The van der Waals surface area contributed by atoms with E-state index in [2.05, 4.69) is 19.2 Å². The summed E-state index contributed by atoms with van der Waals surface area (Å²) in [5.41, 5.74) is 5.41. The number of carbonyl (C=O) groups excluding carboxylic acids is 1. The molecule has 18 heavy (non-hydrogen) atoms. The molecule has 2 unspecified atom stereocenters. The normalized spacial score (nSPS) is 16.1. The molecule has 6 heteroatoms. The van der Waals surface area contributed by atoms with Gasteiger partial charge in [-0.25, -0.2) is 0 Å². The van der Waals surface area contributed by atoms with Crippen molar-refractivity contribution in [1.29, 1.82) is 0 Å². The van der Waals surface area contributed by atoms with E-state index in [0.29, 0.717) is 12.3 Å². The second-order valence-electron chi connectivity index (χ2n) is 5.04. The molecule has 106 valence electrons. The minimum atomic E-state index is -1.12. The highest BCUT2D eigenvalue weighted by Gasteiger charge is 2.22. The molecule has 0 aromatic carbocycles. The fourth-order valence-electron chi connectivity index (χ4n) is 1.46. The molecule has 0 saturated carbocycles. The number of aliphatic hydroxyl groups excluding tert-OH is 1. The zero-order valence-electron chi connectivity index (χ0n) is 11.2. The van der Waals surface area contributed by atoms with Crippen molar-refractivity contribution in [1.82, 2.24) is 5.32 Å². The lowest BCUT2D eigenvalue weighted by Gasteiger charge is -2.22. The van der Waals surface area contributed by atoms with Crippen LogP contribution in [0.1, 0.15) is 40.0 Å². The summed E-state index contributed by atoms with van der Waals surface area (Å²) in [4.78, 5) is 21.9. The number of carbonyl (C=O) groups is 2. The molecule has 0 aliphatic carbocycles. The molecule has 0 aromatic heterocycles. The highest BCUT2D eigenvalue weighted by molar-refractivity contribution is 5.86. The van der Waals surface area contributed by atoms with Gasteiger partial charge in [-0.3, -0.25) is 9.59 Å². The molecule has 5 N–H and O–H groups in total. The third kappa shape index (κ3) is 7.24. The van der Waals surface area contributed by atoms with Gasteiger partial charge in [0.15, 0.2) is 0 Å². The van der Waals surface area contributed by atoms with Gasteiger partial charge in [0.2, 0.25) is 5.91 Å². The quantitative estimate of drug-likeness (QED) is 0.494. The molecule has 0 aliphatic rings. The number of nitrogens with one attached hydrogen (secondary N) is 1. The Morgan fingerprint density at radius 1 is 1.22 bits per heavy atom. The lowest BCUT2D eigenvalue weighted by molar-refractivity contribution is -0.139. The lowest BCUT2D eigenvalue weighted by atomic mass is 10.0. The third-order valence-corrected chi connectivity index (χ3v) is 2.72. The first-order valence-electron chi connectivity index (χ1n) is 6.19. The molecule has 0 heterocycles. The zero-order valence-corrected chi connectivity index (χ0v) is 11.2. The van der Waals surface area contributed by atoms with E-state index in [0.717, 1.165) is 6.42 Å². The molecule has 0 aromatic rings. The molecule has 0 rings (SSSR count). The number of amides is 1. The maximum absolute atomic E-state index is 11.5. The Labute approximate surface area is 108 Å². The first-order chi connectivity index (χ1) is 8.23. The molecule has 1 amide bonds. The van der Waals surface area contributed by atoms with E-state index in [-0.39, 0.29) is 0 Å². The molecular weight excluding hydrogens is 236 g/mol. The van der Waals surface area contributed by atoms with Gasteiger partial charge < -0.3 is 21.3 Å². The maximum Gasteiger partial charge on any atom is 0.305 e. The van der Waals surface area contributed by atoms with Gasteiger partial charge in [-0.15, -0.1) is 0 Å². The molecule has 0 fully saturated rings. The summed E-state index contributed by atoms with van der Waals surface area (Å²) in [5.74, 6) is -1.18. The van der Waals surface area contributed by atoms with Crippen LogP contribution in [0.3, 0.4) is 0 Å².